The lowest BCUT2D eigenvalue weighted by Gasteiger charge is -2.10. The van der Waals surface area contributed by atoms with Crippen molar-refractivity contribution < 1.29 is 15.0 Å². The van der Waals surface area contributed by atoms with Crippen molar-refractivity contribution in [1.82, 2.24) is 4.98 Å². The summed E-state index contributed by atoms with van der Waals surface area (Å²) in [5.74, 6) is -0.526. The van der Waals surface area contributed by atoms with Gasteiger partial charge in [0, 0.05) is 11.8 Å². The Morgan fingerprint density at radius 1 is 1.37 bits per heavy atom. The molecule has 0 bridgehead atoms. The van der Waals surface area contributed by atoms with Gasteiger partial charge in [0.25, 0.3) is 5.91 Å². The highest BCUT2D eigenvalue weighted by atomic mass is 16.3. The number of phenols is 1. The first kappa shape index (κ1) is 13.0. The molecule has 0 saturated heterocycles. The second-order valence-corrected chi connectivity index (χ2v) is 4.17. The number of phenolic OH excluding ortho intramolecular Hbond substituents is 1. The number of amides is 1. The highest BCUT2D eigenvalue weighted by Crippen LogP contribution is 2.21. The van der Waals surface area contributed by atoms with Gasteiger partial charge in [-0.15, -0.1) is 0 Å². The van der Waals surface area contributed by atoms with E-state index in [1.807, 2.05) is 6.92 Å². The Bertz CT molecular complexity index is 611. The lowest BCUT2D eigenvalue weighted by Crippen LogP contribution is -2.14. The molecule has 2 aromatic rings. The largest absolute Gasteiger partial charge is 0.507 e. The van der Waals surface area contributed by atoms with Crippen LogP contribution < -0.4 is 5.32 Å². The molecule has 0 atom stereocenters. The van der Waals surface area contributed by atoms with Crippen molar-refractivity contribution in [2.75, 3.05) is 5.32 Å². The number of nitrogens with one attached hydrogen (secondary N) is 1. The van der Waals surface area contributed by atoms with Crippen LogP contribution in [0.2, 0.25) is 0 Å². The molecule has 0 aliphatic heterocycles. The van der Waals surface area contributed by atoms with Crippen molar-refractivity contribution in [3.8, 4) is 5.75 Å². The van der Waals surface area contributed by atoms with Gasteiger partial charge in [-0.3, -0.25) is 9.78 Å². The summed E-state index contributed by atoms with van der Waals surface area (Å²) < 4.78 is 0. The van der Waals surface area contributed by atoms with Crippen LogP contribution in [0.1, 0.15) is 21.5 Å². The third kappa shape index (κ3) is 2.89. The monoisotopic (exact) mass is 258 g/mol. The van der Waals surface area contributed by atoms with Gasteiger partial charge < -0.3 is 15.5 Å². The quantitative estimate of drug-likeness (QED) is 0.784. The molecule has 5 nitrogen and oxygen atoms in total. The van der Waals surface area contributed by atoms with E-state index in [1.54, 1.807) is 18.2 Å². The smallest absolute Gasteiger partial charge is 0.259 e. The minimum absolute atomic E-state index is 0.0856. The molecular weight excluding hydrogens is 244 g/mol. The zero-order valence-corrected chi connectivity index (χ0v) is 10.4. The molecular formula is C14H14N2O3. The average Bonchev–Trinajstić information content (AvgIpc) is 2.42. The predicted octanol–water partition coefficient (Wildman–Crippen LogP) is 1.84. The van der Waals surface area contributed by atoms with E-state index in [4.69, 9.17) is 0 Å². The molecule has 0 fully saturated rings. The fourth-order valence-electron chi connectivity index (χ4n) is 1.70. The van der Waals surface area contributed by atoms with Crippen LogP contribution in [0.4, 0.5) is 5.69 Å². The second-order valence-electron chi connectivity index (χ2n) is 4.17. The Morgan fingerprint density at radius 3 is 2.89 bits per heavy atom. The summed E-state index contributed by atoms with van der Waals surface area (Å²) in [7, 11) is 0. The fraction of sp³-hybridized carbons (Fsp3) is 0.143. The van der Waals surface area contributed by atoms with Crippen LogP contribution in [0.15, 0.2) is 36.7 Å². The van der Waals surface area contributed by atoms with Crippen LogP contribution in [0.5, 0.6) is 5.75 Å². The van der Waals surface area contributed by atoms with Crippen LogP contribution >= 0.6 is 0 Å². The minimum atomic E-state index is -0.441. The van der Waals surface area contributed by atoms with Crippen molar-refractivity contribution in [2.24, 2.45) is 0 Å². The van der Waals surface area contributed by atoms with E-state index in [9.17, 15) is 15.0 Å². The minimum Gasteiger partial charge on any atom is -0.507 e. The molecule has 3 N–H and O–H groups in total. The molecule has 5 heteroatoms. The van der Waals surface area contributed by atoms with Crippen molar-refractivity contribution in [1.29, 1.82) is 0 Å². The molecule has 19 heavy (non-hydrogen) atoms. The lowest BCUT2D eigenvalue weighted by molar-refractivity contribution is 0.102. The van der Waals surface area contributed by atoms with Crippen LogP contribution in [0.25, 0.3) is 0 Å². The van der Waals surface area contributed by atoms with Crippen molar-refractivity contribution in [3.05, 3.63) is 53.3 Å². The summed E-state index contributed by atoms with van der Waals surface area (Å²) >= 11 is 0. The molecule has 98 valence electrons. The van der Waals surface area contributed by atoms with Crippen LogP contribution in [0, 0.1) is 6.92 Å². The summed E-state index contributed by atoms with van der Waals surface area (Å²) in [6, 6.07) is 6.40. The van der Waals surface area contributed by atoms with E-state index in [0.717, 1.165) is 5.56 Å². The summed E-state index contributed by atoms with van der Waals surface area (Å²) in [6.07, 6.45) is 2.99. The second kappa shape index (κ2) is 5.49. The highest BCUT2D eigenvalue weighted by Gasteiger charge is 2.13. The average molecular weight is 258 g/mol. The molecule has 0 saturated carbocycles. The Labute approximate surface area is 110 Å². The summed E-state index contributed by atoms with van der Waals surface area (Å²) in [5, 5.41) is 21.5. The number of aryl methyl sites for hydroxylation is 1. The summed E-state index contributed by atoms with van der Waals surface area (Å²) in [4.78, 5) is 16.0. The van der Waals surface area contributed by atoms with E-state index < -0.39 is 5.91 Å². The number of anilines is 1. The number of pyridine rings is 1. The summed E-state index contributed by atoms with van der Waals surface area (Å²) in [5.41, 5.74) is 2.05. The standard InChI is InChI=1S/C14H14N2O3/c1-9-2-3-13(18)11(6-9)14(19)16-12-7-15-5-4-10(12)8-17/h2-7,17-18H,8H2,1H3,(H,16,19). The number of carbonyl (C=O) groups excluding carboxylic acids is 1. The molecule has 2 rings (SSSR count). The zero-order chi connectivity index (χ0) is 13.8. The van der Waals surface area contributed by atoms with Crippen LogP contribution in [-0.2, 0) is 6.61 Å². The van der Waals surface area contributed by atoms with Gasteiger partial charge in [0.05, 0.1) is 24.1 Å². The maximum atomic E-state index is 12.1. The van der Waals surface area contributed by atoms with Gasteiger partial charge in [0.2, 0.25) is 0 Å². The molecule has 0 spiro atoms. The predicted molar refractivity (Wildman–Crippen MR) is 71.0 cm³/mol. The third-order valence-electron chi connectivity index (χ3n) is 2.73. The van der Waals surface area contributed by atoms with Gasteiger partial charge >= 0.3 is 0 Å². The van der Waals surface area contributed by atoms with Crippen molar-refractivity contribution >= 4 is 11.6 Å². The Kier molecular flexibility index (Phi) is 3.77. The number of benzene rings is 1. The van der Waals surface area contributed by atoms with Crippen molar-refractivity contribution in [2.45, 2.75) is 13.5 Å². The normalized spacial score (nSPS) is 10.2. The Morgan fingerprint density at radius 2 is 2.16 bits per heavy atom. The van der Waals surface area contributed by atoms with E-state index >= 15 is 0 Å². The zero-order valence-electron chi connectivity index (χ0n) is 10.4. The molecule has 1 aromatic heterocycles. The molecule has 1 aromatic carbocycles. The first-order valence-corrected chi connectivity index (χ1v) is 5.76. The fourth-order valence-corrected chi connectivity index (χ4v) is 1.70. The molecule has 1 heterocycles. The number of aromatic nitrogens is 1. The molecule has 0 radical (unpaired) electrons. The van der Waals surface area contributed by atoms with Gasteiger partial charge in [0.1, 0.15) is 5.75 Å². The Balaban J connectivity index is 2.28. The van der Waals surface area contributed by atoms with Gasteiger partial charge in [-0.2, -0.15) is 0 Å². The van der Waals surface area contributed by atoms with Gasteiger partial charge in [0.15, 0.2) is 0 Å². The number of rotatable bonds is 3. The van der Waals surface area contributed by atoms with E-state index in [-0.39, 0.29) is 17.9 Å². The number of hydrogen-bond donors (Lipinski definition) is 3. The number of hydrogen-bond acceptors (Lipinski definition) is 4. The molecule has 0 unspecified atom stereocenters. The topological polar surface area (TPSA) is 82.5 Å². The maximum absolute atomic E-state index is 12.1. The van der Waals surface area contributed by atoms with Crippen LogP contribution in [0.3, 0.4) is 0 Å². The number of aliphatic hydroxyl groups is 1. The van der Waals surface area contributed by atoms with Gasteiger partial charge in [-0.1, -0.05) is 11.6 Å². The van der Waals surface area contributed by atoms with Crippen LogP contribution in [-0.4, -0.2) is 21.1 Å². The highest BCUT2D eigenvalue weighted by molar-refractivity contribution is 6.06. The van der Waals surface area contributed by atoms with Gasteiger partial charge in [-0.25, -0.2) is 0 Å². The molecule has 0 aliphatic carbocycles. The number of carbonyl (C=O) groups is 1. The third-order valence-corrected chi connectivity index (χ3v) is 2.73. The molecule has 0 aliphatic rings. The lowest BCUT2D eigenvalue weighted by atomic mass is 10.1. The number of nitrogens with zero attached hydrogens (tertiary/aromatic N) is 1. The Hall–Kier alpha value is -2.40. The van der Waals surface area contributed by atoms with E-state index in [2.05, 4.69) is 10.3 Å². The first-order valence-electron chi connectivity index (χ1n) is 5.76. The van der Waals surface area contributed by atoms with Crippen molar-refractivity contribution in [3.63, 3.8) is 0 Å². The van der Waals surface area contributed by atoms with E-state index in [0.29, 0.717) is 11.3 Å². The number of aliphatic hydroxyl groups excluding tert-OH is 1. The van der Waals surface area contributed by atoms with E-state index in [1.165, 1.54) is 18.5 Å². The van der Waals surface area contributed by atoms with Gasteiger partial charge in [-0.05, 0) is 25.1 Å². The molecule has 1 amide bonds. The summed E-state index contributed by atoms with van der Waals surface area (Å²) in [6.45, 7) is 1.64. The number of aromatic hydroxyl groups is 1. The SMILES string of the molecule is Cc1ccc(O)c(C(=O)Nc2cnccc2CO)c1. The first-order chi connectivity index (χ1) is 9.11. The maximum Gasteiger partial charge on any atom is 0.259 e.